The molecule has 0 aromatic carbocycles. The Morgan fingerprint density at radius 2 is 0.688 bits per heavy atom. The van der Waals surface area contributed by atoms with Crippen LogP contribution < -0.4 is 0 Å². The summed E-state index contributed by atoms with van der Waals surface area (Å²) >= 11 is 15.2. The molecule has 0 aliphatic carbocycles. The van der Waals surface area contributed by atoms with Crippen LogP contribution in [0.2, 0.25) is 0 Å². The molecule has 4 saturated heterocycles. The zero-order chi connectivity index (χ0) is 22.1. The van der Waals surface area contributed by atoms with Crippen LogP contribution in [0.15, 0.2) is 13.5 Å². The van der Waals surface area contributed by atoms with Gasteiger partial charge in [-0.2, -0.15) is 13.5 Å². The summed E-state index contributed by atoms with van der Waals surface area (Å²) in [7, 11) is -2.34. The summed E-state index contributed by atoms with van der Waals surface area (Å²) in [5.41, 5.74) is 0. The number of piperidine rings is 4. The predicted molar refractivity (Wildman–Crippen MR) is 141 cm³/mol. The Morgan fingerprint density at radius 1 is 0.375 bits per heavy atom. The Labute approximate surface area is 204 Å². The molecule has 0 bridgehead atoms. The molecule has 2 atom stereocenters. The highest BCUT2D eigenvalue weighted by Crippen LogP contribution is 2.85. The molecule has 0 N–H and O–H groups in total. The van der Waals surface area contributed by atoms with Gasteiger partial charge in [0, 0.05) is 52.4 Å². The summed E-state index contributed by atoms with van der Waals surface area (Å²) in [6, 6.07) is 0. The Balaban J connectivity index is 1.68. The van der Waals surface area contributed by atoms with Crippen molar-refractivity contribution in [1.29, 1.82) is 0 Å². The van der Waals surface area contributed by atoms with Crippen molar-refractivity contribution in [2.45, 2.75) is 77.0 Å². The second-order valence-electron chi connectivity index (χ2n) is 9.85. The van der Waals surface area contributed by atoms with Crippen molar-refractivity contribution in [3.63, 3.8) is 0 Å². The SMILES string of the molecule is Cl[P@]1(N2CCCCC2)=NP(N2CCCCC2)(N2CCCCC2)=N[P@](Cl)(N2CCCCC2)=N1. The van der Waals surface area contributed by atoms with E-state index in [1.807, 2.05) is 0 Å². The summed E-state index contributed by atoms with van der Waals surface area (Å²) in [6.07, 6.45) is 14.8. The lowest BCUT2D eigenvalue weighted by Gasteiger charge is -2.49. The van der Waals surface area contributed by atoms with Gasteiger partial charge < -0.3 is 0 Å². The third-order valence-electron chi connectivity index (χ3n) is 7.50. The van der Waals surface area contributed by atoms with Gasteiger partial charge in [-0.1, -0.05) is 25.7 Å². The summed E-state index contributed by atoms with van der Waals surface area (Å²) in [5.74, 6) is 0. The minimum Gasteiger partial charge on any atom is -0.240 e. The van der Waals surface area contributed by atoms with Crippen LogP contribution in [0.1, 0.15) is 77.0 Å². The molecule has 5 rings (SSSR count). The molecular weight excluding hydrogens is 502 g/mol. The van der Waals surface area contributed by atoms with Crippen molar-refractivity contribution in [3.05, 3.63) is 0 Å². The van der Waals surface area contributed by atoms with Crippen molar-refractivity contribution >= 4 is 43.4 Å². The van der Waals surface area contributed by atoms with Crippen LogP contribution in [0.25, 0.3) is 0 Å². The first-order valence-electron chi connectivity index (χ1n) is 12.9. The van der Waals surface area contributed by atoms with E-state index in [4.69, 9.17) is 36.0 Å². The van der Waals surface area contributed by atoms with E-state index >= 15 is 0 Å². The number of halogens is 2. The fourth-order valence-electron chi connectivity index (χ4n) is 5.69. The molecule has 0 spiro atoms. The lowest BCUT2D eigenvalue weighted by Crippen LogP contribution is -2.38. The number of rotatable bonds is 4. The van der Waals surface area contributed by atoms with Gasteiger partial charge in [0.05, 0.1) is 0 Å². The average Bonchev–Trinajstić information content (AvgIpc) is 2.86. The first kappa shape index (κ1) is 24.8. The number of hydrogen-bond donors (Lipinski definition) is 0. The highest BCUT2D eigenvalue weighted by molar-refractivity contribution is 8.02. The van der Waals surface area contributed by atoms with E-state index in [9.17, 15) is 0 Å². The van der Waals surface area contributed by atoms with Crippen LogP contribution in [-0.4, -0.2) is 71.0 Å². The quantitative estimate of drug-likeness (QED) is 0.336. The fraction of sp³-hybridized carbons (Fsp3) is 1.00. The molecule has 7 nitrogen and oxygen atoms in total. The maximum atomic E-state index is 7.62. The van der Waals surface area contributed by atoms with Gasteiger partial charge in [0.15, 0.2) is 0 Å². The van der Waals surface area contributed by atoms with E-state index in [-0.39, 0.29) is 0 Å². The molecule has 0 saturated carbocycles. The smallest absolute Gasteiger partial charge is 0.239 e. The van der Waals surface area contributed by atoms with E-state index < -0.39 is 20.9 Å². The Hall–Kier alpha value is 1.11. The second-order valence-corrected chi connectivity index (χ2v) is 20.0. The van der Waals surface area contributed by atoms with Gasteiger partial charge in [0.25, 0.3) is 0 Å². The predicted octanol–water partition coefficient (Wildman–Crippen LogP) is 8.26. The van der Waals surface area contributed by atoms with Gasteiger partial charge >= 0.3 is 0 Å². The minimum absolute atomic E-state index is 1.00. The molecule has 0 amide bonds. The molecule has 184 valence electrons. The van der Waals surface area contributed by atoms with E-state index in [1.54, 1.807) is 0 Å². The molecule has 0 aromatic heterocycles. The van der Waals surface area contributed by atoms with Crippen molar-refractivity contribution in [1.82, 2.24) is 18.7 Å². The lowest BCUT2D eigenvalue weighted by atomic mass is 10.2. The molecule has 5 aliphatic rings. The zero-order valence-electron chi connectivity index (χ0n) is 19.4. The summed E-state index contributed by atoms with van der Waals surface area (Å²) < 4.78 is 26.8. The summed E-state index contributed by atoms with van der Waals surface area (Å²) in [6.45, 7) is 3.15. The van der Waals surface area contributed by atoms with Gasteiger partial charge in [0.1, 0.15) is 0 Å². The standard InChI is InChI=1S/C20H40Cl2N7P3/c21-30(26-13-5-1-6-14-26)23-31(22,27-15-7-2-8-16-27)25-32(24-30,28-17-9-3-10-18-28)29-19-11-4-12-20-29/h1-20H2/t30-,31-/m1/s1. The average molecular weight is 542 g/mol. The van der Waals surface area contributed by atoms with Gasteiger partial charge in [-0.25, -0.2) is 18.7 Å². The molecule has 12 heteroatoms. The van der Waals surface area contributed by atoms with Crippen molar-refractivity contribution in [2.75, 3.05) is 52.4 Å². The Morgan fingerprint density at radius 3 is 1.06 bits per heavy atom. The normalized spacial score (nSPS) is 38.4. The third kappa shape index (κ3) is 5.00. The van der Waals surface area contributed by atoms with Crippen LogP contribution in [0.5, 0.6) is 0 Å². The minimum atomic E-state index is -2.58. The van der Waals surface area contributed by atoms with Gasteiger partial charge in [-0.05, 0) is 73.8 Å². The van der Waals surface area contributed by atoms with Crippen LogP contribution in [-0.2, 0) is 0 Å². The van der Waals surface area contributed by atoms with Crippen LogP contribution in [0, 0.1) is 0 Å². The van der Waals surface area contributed by atoms with Crippen molar-refractivity contribution < 1.29 is 0 Å². The molecular formula is C20H40Cl2N7P3. The first-order chi connectivity index (χ1) is 15.5. The summed E-state index contributed by atoms with van der Waals surface area (Å²) in [5, 5.41) is 0. The topological polar surface area (TPSA) is 50.0 Å². The van der Waals surface area contributed by atoms with Gasteiger partial charge in [-0.15, -0.1) is 0 Å². The Bertz CT molecular complexity index is 782. The van der Waals surface area contributed by atoms with Crippen LogP contribution in [0.3, 0.4) is 0 Å². The third-order valence-corrected chi connectivity index (χ3v) is 21.3. The number of hydrogen-bond acceptors (Lipinski definition) is 7. The van der Waals surface area contributed by atoms with Crippen molar-refractivity contribution in [2.24, 2.45) is 13.5 Å². The molecule has 0 aromatic rings. The zero-order valence-corrected chi connectivity index (χ0v) is 23.6. The van der Waals surface area contributed by atoms with E-state index in [2.05, 4.69) is 18.7 Å². The van der Waals surface area contributed by atoms with E-state index in [1.165, 1.54) is 77.0 Å². The molecule has 32 heavy (non-hydrogen) atoms. The lowest BCUT2D eigenvalue weighted by molar-refractivity contribution is 0.304. The van der Waals surface area contributed by atoms with Crippen molar-refractivity contribution in [3.8, 4) is 0 Å². The monoisotopic (exact) mass is 541 g/mol. The highest BCUT2D eigenvalue weighted by atomic mass is 35.7. The van der Waals surface area contributed by atoms with Crippen LogP contribution >= 0.6 is 43.4 Å². The number of nitrogens with zero attached hydrogens (tertiary/aromatic N) is 7. The summed E-state index contributed by atoms with van der Waals surface area (Å²) in [4.78, 5) is 0. The maximum absolute atomic E-state index is 7.62. The molecule has 4 fully saturated rings. The molecule has 5 aliphatic heterocycles. The largest absolute Gasteiger partial charge is 0.240 e. The highest BCUT2D eigenvalue weighted by Gasteiger charge is 2.47. The van der Waals surface area contributed by atoms with E-state index in [0.717, 1.165) is 52.4 Å². The molecule has 5 heterocycles. The second kappa shape index (κ2) is 10.6. The molecule has 0 unspecified atom stereocenters. The molecule has 0 radical (unpaired) electrons. The fourth-order valence-corrected chi connectivity index (χ4v) is 22.4. The first-order valence-corrected chi connectivity index (χ1v) is 19.6. The van der Waals surface area contributed by atoms with E-state index in [0.29, 0.717) is 0 Å². The maximum Gasteiger partial charge on any atom is 0.239 e. The van der Waals surface area contributed by atoms with Crippen LogP contribution in [0.4, 0.5) is 0 Å². The van der Waals surface area contributed by atoms with Gasteiger partial charge in [-0.3, -0.25) is 0 Å². The Kier molecular flexibility index (Phi) is 8.22. The van der Waals surface area contributed by atoms with Gasteiger partial charge in [0.2, 0.25) is 20.9 Å².